The molecule has 1 atom stereocenters. The van der Waals surface area contributed by atoms with E-state index in [1.54, 1.807) is 0 Å². The van der Waals surface area contributed by atoms with Gasteiger partial charge in [-0.05, 0) is 105 Å². The van der Waals surface area contributed by atoms with Crippen LogP contribution >= 0.6 is 0 Å². The van der Waals surface area contributed by atoms with Gasteiger partial charge in [0.25, 0.3) is 0 Å². The van der Waals surface area contributed by atoms with Crippen LogP contribution in [0, 0.1) is 6.92 Å². The van der Waals surface area contributed by atoms with Gasteiger partial charge in [-0.3, -0.25) is 0 Å². The van der Waals surface area contributed by atoms with Crippen molar-refractivity contribution in [3.05, 3.63) is 234 Å². The minimum absolute atomic E-state index is 0.562. The zero-order valence-electron chi connectivity index (χ0n) is 35.8. The first-order chi connectivity index (χ1) is 31.6. The summed E-state index contributed by atoms with van der Waals surface area (Å²) in [5, 5.41) is 3.58. The van der Waals surface area contributed by atoms with Gasteiger partial charge in [0.2, 0.25) is 0 Å². The van der Waals surface area contributed by atoms with Gasteiger partial charge < -0.3 is 4.57 Å². The summed E-state index contributed by atoms with van der Waals surface area (Å²) in [5.74, 6) is 0.735. The molecule has 0 N–H and O–H groups in total. The third-order valence-corrected chi connectivity index (χ3v) is 14.1. The van der Waals surface area contributed by atoms with E-state index < -0.39 is 5.41 Å². The van der Waals surface area contributed by atoms with Gasteiger partial charge in [0.15, 0.2) is 5.82 Å². The van der Waals surface area contributed by atoms with E-state index in [0.717, 1.165) is 46.4 Å². The molecule has 11 aromatic rings. The molecule has 3 heteroatoms. The smallest absolute Gasteiger partial charge is 0.161 e. The predicted molar refractivity (Wildman–Crippen MR) is 265 cm³/mol. The molecular weight excluding hydrogens is 775 g/mol. The normalized spacial score (nSPS) is 14.6. The fraction of sp³-hybridized carbons (Fsp3) is 0.0820. The number of nitrogens with zero attached hydrogens (tertiary/aromatic N) is 3. The lowest BCUT2D eigenvalue weighted by molar-refractivity contribution is 0.793. The van der Waals surface area contributed by atoms with Gasteiger partial charge in [-0.15, -0.1) is 0 Å². The van der Waals surface area contributed by atoms with Gasteiger partial charge in [-0.2, -0.15) is 0 Å². The summed E-state index contributed by atoms with van der Waals surface area (Å²) in [5.41, 5.74) is 22.5. The third kappa shape index (κ3) is 5.04. The second-order valence-corrected chi connectivity index (χ2v) is 17.5. The first kappa shape index (κ1) is 36.7. The molecule has 0 aliphatic heterocycles. The highest BCUT2D eigenvalue weighted by Gasteiger charge is 2.53. The number of fused-ring (bicyclic) bond motifs is 14. The Balaban J connectivity index is 1.08. The van der Waals surface area contributed by atoms with Crippen molar-refractivity contribution in [3.8, 4) is 61.7 Å². The average molecular weight is 818 g/mol. The number of aryl methyl sites for hydroxylation is 2. The van der Waals surface area contributed by atoms with E-state index in [4.69, 9.17) is 9.97 Å². The van der Waals surface area contributed by atoms with Gasteiger partial charge >= 0.3 is 0 Å². The summed E-state index contributed by atoms with van der Waals surface area (Å²) in [6.45, 7) is 4.55. The lowest BCUT2D eigenvalue weighted by atomic mass is 9.70. The monoisotopic (exact) mass is 817 g/mol. The maximum atomic E-state index is 5.43. The Morgan fingerprint density at radius 3 is 1.86 bits per heavy atom. The van der Waals surface area contributed by atoms with Gasteiger partial charge in [0, 0.05) is 32.8 Å². The van der Waals surface area contributed by atoms with E-state index in [9.17, 15) is 0 Å². The predicted octanol–water partition coefficient (Wildman–Crippen LogP) is 15.3. The number of aromatic nitrogens is 3. The van der Waals surface area contributed by atoms with E-state index >= 15 is 0 Å². The Hall–Kier alpha value is -7.88. The molecule has 2 aliphatic carbocycles. The average Bonchev–Trinajstić information content (AvgIpc) is 3.95. The Morgan fingerprint density at radius 1 is 0.453 bits per heavy atom. The number of hydrogen-bond acceptors (Lipinski definition) is 2. The Bertz CT molecular complexity index is 3710. The van der Waals surface area contributed by atoms with Crippen LogP contribution < -0.4 is 0 Å². The van der Waals surface area contributed by atoms with E-state index in [1.165, 1.54) is 94.3 Å². The minimum Gasteiger partial charge on any atom is -0.309 e. The van der Waals surface area contributed by atoms with Crippen molar-refractivity contribution < 1.29 is 0 Å². The van der Waals surface area contributed by atoms with Crippen molar-refractivity contribution in [1.29, 1.82) is 0 Å². The third-order valence-electron chi connectivity index (χ3n) is 14.1. The molecule has 2 aromatic heterocycles. The van der Waals surface area contributed by atoms with Crippen LogP contribution in [0.1, 0.15) is 46.7 Å². The Morgan fingerprint density at radius 2 is 1.06 bits per heavy atom. The summed E-state index contributed by atoms with van der Waals surface area (Å²) in [6.07, 6.45) is 2.17. The van der Waals surface area contributed by atoms with Crippen molar-refractivity contribution in [2.24, 2.45) is 0 Å². The molecule has 0 bridgehead atoms. The van der Waals surface area contributed by atoms with Gasteiger partial charge in [-0.25, -0.2) is 9.97 Å². The van der Waals surface area contributed by atoms with Crippen LogP contribution in [0.25, 0.3) is 94.4 Å². The first-order valence-corrected chi connectivity index (χ1v) is 22.6. The quantitative estimate of drug-likeness (QED) is 0.167. The molecule has 1 unspecified atom stereocenters. The highest BCUT2D eigenvalue weighted by Crippen LogP contribution is 2.65. The Labute approximate surface area is 373 Å². The molecule has 13 rings (SSSR count). The standard InChI is InChI=1S/C61H43N3/c1-3-19-39-20-7-8-23-41(39)47-37-48-42-24-12-16-34-54(42)64(56(48)36-38(47)2)55-35-18-32-52-58(55)44-26-10-14-30-50(44)61(52)49-29-13-9-25-43(49)57-46(28-17-31-51(57)61)60-62-53-33-15-11-27-45(53)59(63-60)40-21-5-4-6-22-40/h4-18,20-37H,3,19H2,1-2H3. The molecule has 0 saturated carbocycles. The molecule has 2 heterocycles. The van der Waals surface area contributed by atoms with Crippen molar-refractivity contribution >= 4 is 32.7 Å². The summed E-state index contributed by atoms with van der Waals surface area (Å²) >= 11 is 0. The maximum absolute atomic E-state index is 5.43. The molecule has 0 radical (unpaired) electrons. The second kappa shape index (κ2) is 14.1. The summed E-state index contributed by atoms with van der Waals surface area (Å²) in [4.78, 5) is 10.8. The van der Waals surface area contributed by atoms with Crippen LogP contribution in [0.4, 0.5) is 0 Å². The molecule has 0 saturated heterocycles. The zero-order valence-corrected chi connectivity index (χ0v) is 35.8. The van der Waals surface area contributed by atoms with Crippen LogP contribution in [0.15, 0.2) is 200 Å². The number of hydrogen-bond donors (Lipinski definition) is 0. The molecule has 0 fully saturated rings. The van der Waals surface area contributed by atoms with Crippen molar-refractivity contribution in [1.82, 2.24) is 14.5 Å². The van der Waals surface area contributed by atoms with Crippen molar-refractivity contribution in [2.75, 3.05) is 0 Å². The molecule has 0 amide bonds. The number of rotatable bonds is 6. The van der Waals surface area contributed by atoms with Crippen molar-refractivity contribution in [2.45, 2.75) is 32.1 Å². The topological polar surface area (TPSA) is 30.7 Å². The van der Waals surface area contributed by atoms with Gasteiger partial charge in [0.05, 0.1) is 33.3 Å². The zero-order chi connectivity index (χ0) is 42.5. The van der Waals surface area contributed by atoms with Crippen LogP contribution in [0.3, 0.4) is 0 Å². The lowest BCUT2D eigenvalue weighted by Crippen LogP contribution is -2.26. The van der Waals surface area contributed by atoms with Crippen molar-refractivity contribution in [3.63, 3.8) is 0 Å². The van der Waals surface area contributed by atoms with Gasteiger partial charge in [-0.1, -0.05) is 183 Å². The second-order valence-electron chi connectivity index (χ2n) is 17.5. The van der Waals surface area contributed by atoms with Gasteiger partial charge in [0.1, 0.15) is 0 Å². The fourth-order valence-corrected chi connectivity index (χ4v) is 11.5. The first-order valence-electron chi connectivity index (χ1n) is 22.6. The molecular formula is C61H43N3. The summed E-state index contributed by atoms with van der Waals surface area (Å²) in [6, 6.07) is 73.7. The van der Waals surface area contributed by atoms with Crippen LogP contribution in [-0.2, 0) is 11.8 Å². The molecule has 302 valence electrons. The lowest BCUT2D eigenvalue weighted by Gasteiger charge is -2.30. The molecule has 2 aliphatic rings. The Kier molecular flexibility index (Phi) is 8.08. The fourth-order valence-electron chi connectivity index (χ4n) is 11.5. The summed E-state index contributed by atoms with van der Waals surface area (Å²) < 4.78 is 2.54. The SMILES string of the molecule is CCCc1ccccc1-c1cc2c3ccccc3n(-c3cccc4c3-c3ccccc3C43c4ccccc4-c4c(-c5nc(-c6ccccc6)c6ccccc6n5)cccc43)c2cc1C. The maximum Gasteiger partial charge on any atom is 0.161 e. The highest BCUT2D eigenvalue weighted by molar-refractivity contribution is 6.12. The minimum atomic E-state index is -0.562. The molecule has 64 heavy (non-hydrogen) atoms. The number of benzene rings is 9. The van der Waals surface area contributed by atoms with Crippen LogP contribution in [0.5, 0.6) is 0 Å². The van der Waals surface area contributed by atoms with Crippen LogP contribution in [-0.4, -0.2) is 14.5 Å². The molecule has 9 aromatic carbocycles. The molecule has 3 nitrogen and oxygen atoms in total. The van der Waals surface area contributed by atoms with E-state index in [-0.39, 0.29) is 0 Å². The van der Waals surface area contributed by atoms with E-state index in [2.05, 4.69) is 219 Å². The highest BCUT2D eigenvalue weighted by atomic mass is 15.0. The largest absolute Gasteiger partial charge is 0.309 e. The van der Waals surface area contributed by atoms with Crippen LogP contribution in [0.2, 0.25) is 0 Å². The van der Waals surface area contributed by atoms with E-state index in [0.29, 0.717) is 0 Å². The molecule has 1 spiro atoms. The van der Waals surface area contributed by atoms with E-state index in [1.807, 2.05) is 0 Å². The summed E-state index contributed by atoms with van der Waals surface area (Å²) in [7, 11) is 0. The number of para-hydroxylation sites is 2.